The number of benzene rings is 3. The fourth-order valence-corrected chi connectivity index (χ4v) is 5.24. The van der Waals surface area contributed by atoms with Crippen molar-refractivity contribution in [2.24, 2.45) is 0 Å². The third-order valence-electron chi connectivity index (χ3n) is 7.24. The Balaban J connectivity index is 1.52. The van der Waals surface area contributed by atoms with Gasteiger partial charge in [0, 0.05) is 36.8 Å². The van der Waals surface area contributed by atoms with Gasteiger partial charge in [0.15, 0.2) is 11.5 Å². The summed E-state index contributed by atoms with van der Waals surface area (Å²) in [5, 5.41) is 11.9. The number of hydrogen-bond donors (Lipinski definition) is 1. The van der Waals surface area contributed by atoms with Crippen LogP contribution in [0.4, 0.5) is 0 Å². The highest BCUT2D eigenvalue weighted by atomic mass is 35.5. The predicted molar refractivity (Wildman–Crippen MR) is 156 cm³/mol. The number of Topliss-reactive ketones (excluding diaryl/α,β-unsaturated/α-hetero) is 1. The maximum atomic E-state index is 13.4. The van der Waals surface area contributed by atoms with Crippen LogP contribution in [0.1, 0.15) is 29.7 Å². The molecule has 0 radical (unpaired) electrons. The minimum absolute atomic E-state index is 0.0275. The average molecular weight is 577 g/mol. The van der Waals surface area contributed by atoms with Crippen molar-refractivity contribution < 1.29 is 28.9 Å². The number of morpholine rings is 1. The van der Waals surface area contributed by atoms with Gasteiger partial charge in [0.25, 0.3) is 11.7 Å². The van der Waals surface area contributed by atoms with Crippen molar-refractivity contribution in [3.63, 3.8) is 0 Å². The number of ketones is 1. The Morgan fingerprint density at radius 3 is 2.39 bits per heavy atom. The number of halogens is 1. The van der Waals surface area contributed by atoms with Crippen molar-refractivity contribution in [2.45, 2.75) is 19.6 Å². The number of aliphatic hydroxyl groups is 1. The Hall–Kier alpha value is -3.85. The lowest BCUT2D eigenvalue weighted by Gasteiger charge is -2.31. The highest BCUT2D eigenvalue weighted by Crippen LogP contribution is 2.42. The van der Waals surface area contributed by atoms with E-state index in [1.54, 1.807) is 36.4 Å². The first-order valence-electron chi connectivity index (χ1n) is 13.7. The molecule has 1 unspecified atom stereocenters. The Kier molecular flexibility index (Phi) is 9.24. The van der Waals surface area contributed by atoms with Crippen LogP contribution in [0.2, 0.25) is 5.02 Å². The monoisotopic (exact) mass is 576 g/mol. The van der Waals surface area contributed by atoms with Gasteiger partial charge in [-0.1, -0.05) is 48.0 Å². The topological polar surface area (TPSA) is 88.5 Å². The summed E-state index contributed by atoms with van der Waals surface area (Å²) < 4.78 is 17.5. The van der Waals surface area contributed by atoms with Crippen molar-refractivity contribution in [1.82, 2.24) is 9.80 Å². The summed E-state index contributed by atoms with van der Waals surface area (Å²) in [7, 11) is 0. The summed E-state index contributed by atoms with van der Waals surface area (Å²) in [6.07, 6.45) is 0. The molecule has 3 aromatic rings. The number of carbonyl (C=O) groups excluding carboxylic acids is 2. The first kappa shape index (κ1) is 28.7. The van der Waals surface area contributed by atoms with Gasteiger partial charge in [-0.2, -0.15) is 0 Å². The van der Waals surface area contributed by atoms with Crippen LogP contribution in [0.3, 0.4) is 0 Å². The molecule has 1 atom stereocenters. The Bertz CT molecular complexity index is 1400. The van der Waals surface area contributed by atoms with E-state index in [-0.39, 0.29) is 11.3 Å². The molecule has 2 aliphatic heterocycles. The fourth-order valence-electron chi connectivity index (χ4n) is 5.11. The van der Waals surface area contributed by atoms with Crippen molar-refractivity contribution >= 4 is 29.1 Å². The molecule has 0 spiro atoms. The van der Waals surface area contributed by atoms with E-state index in [1.807, 2.05) is 43.3 Å². The van der Waals surface area contributed by atoms with Gasteiger partial charge in [0.05, 0.1) is 31.4 Å². The molecule has 8 nitrogen and oxygen atoms in total. The molecule has 1 amide bonds. The number of aliphatic hydroxyl groups excluding tert-OH is 1. The molecule has 0 aromatic heterocycles. The summed E-state index contributed by atoms with van der Waals surface area (Å²) in [6, 6.07) is 20.9. The molecule has 0 bridgehead atoms. The SMILES string of the molecule is CCOc1cc(C2/C(=C(\O)c3ccc(Cl)cc3)C(=O)C(=O)N2CCN2CCOCC2)ccc1OCc1ccccc1. The van der Waals surface area contributed by atoms with Gasteiger partial charge in [0.2, 0.25) is 0 Å². The van der Waals surface area contributed by atoms with Crippen molar-refractivity contribution in [1.29, 1.82) is 0 Å². The zero-order valence-electron chi connectivity index (χ0n) is 22.9. The molecular weight excluding hydrogens is 544 g/mol. The number of rotatable bonds is 10. The Morgan fingerprint density at radius 2 is 1.68 bits per heavy atom. The molecule has 0 aliphatic carbocycles. The third-order valence-corrected chi connectivity index (χ3v) is 7.49. The minimum atomic E-state index is -0.811. The van der Waals surface area contributed by atoms with Crippen LogP contribution in [0.25, 0.3) is 5.76 Å². The second-order valence-corrected chi connectivity index (χ2v) is 10.3. The number of nitrogens with zero attached hydrogens (tertiary/aromatic N) is 2. The number of carbonyl (C=O) groups is 2. The molecule has 1 N–H and O–H groups in total. The predicted octanol–water partition coefficient (Wildman–Crippen LogP) is 5.07. The van der Waals surface area contributed by atoms with Crippen molar-refractivity contribution in [3.05, 3.63) is 100 Å². The molecule has 0 saturated carbocycles. The molecule has 3 aromatic carbocycles. The molecule has 214 valence electrons. The average Bonchev–Trinajstić information content (AvgIpc) is 3.25. The number of ether oxygens (including phenoxy) is 3. The van der Waals surface area contributed by atoms with Gasteiger partial charge < -0.3 is 24.2 Å². The maximum Gasteiger partial charge on any atom is 0.295 e. The first-order chi connectivity index (χ1) is 20.0. The van der Waals surface area contributed by atoms with Gasteiger partial charge in [0.1, 0.15) is 12.4 Å². The van der Waals surface area contributed by atoms with Crippen LogP contribution in [0.15, 0.2) is 78.4 Å². The second kappa shape index (κ2) is 13.2. The fraction of sp³-hybridized carbons (Fsp3) is 0.312. The molecule has 2 fully saturated rings. The van der Waals surface area contributed by atoms with E-state index in [9.17, 15) is 14.7 Å². The summed E-state index contributed by atoms with van der Waals surface area (Å²) in [5.41, 5.74) is 2.08. The molecule has 2 aliphatic rings. The normalized spacial score (nSPS) is 19.0. The number of amides is 1. The Labute approximate surface area is 244 Å². The van der Waals surface area contributed by atoms with E-state index in [4.69, 9.17) is 25.8 Å². The van der Waals surface area contributed by atoms with Crippen LogP contribution in [-0.4, -0.2) is 72.6 Å². The van der Waals surface area contributed by atoms with Crippen LogP contribution >= 0.6 is 11.6 Å². The van der Waals surface area contributed by atoms with E-state index in [0.717, 1.165) is 18.7 Å². The van der Waals surface area contributed by atoms with Gasteiger partial charge in [-0.3, -0.25) is 14.5 Å². The smallest absolute Gasteiger partial charge is 0.295 e. The quantitative estimate of drug-likeness (QED) is 0.205. The van der Waals surface area contributed by atoms with Crippen LogP contribution in [-0.2, 0) is 20.9 Å². The summed E-state index contributed by atoms with van der Waals surface area (Å²) in [4.78, 5) is 30.6. The van der Waals surface area contributed by atoms with Crippen LogP contribution in [0, 0.1) is 0 Å². The molecule has 9 heteroatoms. The van der Waals surface area contributed by atoms with Crippen molar-refractivity contribution in [2.75, 3.05) is 46.0 Å². The van der Waals surface area contributed by atoms with Gasteiger partial charge in [-0.15, -0.1) is 0 Å². The van der Waals surface area contributed by atoms with Gasteiger partial charge in [-0.05, 0) is 54.4 Å². The van der Waals surface area contributed by atoms with Gasteiger partial charge in [-0.25, -0.2) is 0 Å². The van der Waals surface area contributed by atoms with Crippen LogP contribution < -0.4 is 9.47 Å². The zero-order chi connectivity index (χ0) is 28.8. The molecular formula is C32H33ClN2O6. The summed E-state index contributed by atoms with van der Waals surface area (Å²) >= 11 is 6.05. The maximum absolute atomic E-state index is 13.4. The lowest BCUT2D eigenvalue weighted by Crippen LogP contribution is -2.42. The lowest BCUT2D eigenvalue weighted by molar-refractivity contribution is -0.140. The Morgan fingerprint density at radius 1 is 0.951 bits per heavy atom. The van der Waals surface area contributed by atoms with E-state index in [0.29, 0.717) is 67.2 Å². The molecule has 5 rings (SSSR count). The van der Waals surface area contributed by atoms with Crippen LogP contribution in [0.5, 0.6) is 11.5 Å². The van der Waals surface area contributed by atoms with E-state index in [1.165, 1.54) is 4.90 Å². The van der Waals surface area contributed by atoms with E-state index >= 15 is 0 Å². The number of hydrogen-bond acceptors (Lipinski definition) is 7. The molecule has 2 heterocycles. The highest BCUT2D eigenvalue weighted by Gasteiger charge is 2.46. The zero-order valence-corrected chi connectivity index (χ0v) is 23.7. The largest absolute Gasteiger partial charge is 0.507 e. The van der Waals surface area contributed by atoms with E-state index < -0.39 is 17.7 Å². The van der Waals surface area contributed by atoms with Crippen molar-refractivity contribution in [3.8, 4) is 11.5 Å². The highest BCUT2D eigenvalue weighted by molar-refractivity contribution is 6.46. The number of likely N-dealkylation sites (tertiary alicyclic amines) is 1. The third kappa shape index (κ3) is 6.56. The molecule has 41 heavy (non-hydrogen) atoms. The summed E-state index contributed by atoms with van der Waals surface area (Å²) in [5.74, 6) is -0.595. The minimum Gasteiger partial charge on any atom is -0.507 e. The second-order valence-electron chi connectivity index (χ2n) is 9.87. The molecule has 2 saturated heterocycles. The standard InChI is InChI=1S/C32H33ClN2O6/c1-2-40-27-20-24(10-13-26(27)41-21-22-6-4-3-5-7-22)29-28(30(36)23-8-11-25(33)12-9-23)31(37)32(38)35(29)15-14-34-16-18-39-19-17-34/h3-13,20,29,36H,2,14-19,21H2,1H3/b30-28+. The van der Waals surface area contributed by atoms with E-state index in [2.05, 4.69) is 4.90 Å². The lowest BCUT2D eigenvalue weighted by atomic mass is 9.95. The first-order valence-corrected chi connectivity index (χ1v) is 14.1. The summed E-state index contributed by atoms with van der Waals surface area (Å²) in [6.45, 7) is 6.27. The van der Waals surface area contributed by atoms with Gasteiger partial charge >= 0.3 is 0 Å².